The van der Waals surface area contributed by atoms with Gasteiger partial charge in [0, 0.05) is 32.6 Å². The predicted molar refractivity (Wildman–Crippen MR) is 118 cm³/mol. The number of carbonyl (C=O) groups is 3. The molecule has 0 saturated carbocycles. The van der Waals surface area contributed by atoms with Crippen molar-refractivity contribution in [1.29, 1.82) is 0 Å². The highest BCUT2D eigenvalue weighted by Gasteiger charge is 2.34. The van der Waals surface area contributed by atoms with Crippen LogP contribution in [0, 0.1) is 0 Å². The lowest BCUT2D eigenvalue weighted by Gasteiger charge is -2.36. The number of hydrogen-bond donors (Lipinski definition) is 5. The van der Waals surface area contributed by atoms with Crippen LogP contribution in [0.3, 0.4) is 0 Å². The quantitative estimate of drug-likeness (QED) is 0.306. The lowest BCUT2D eigenvalue weighted by atomic mass is 10.0. The number of piperazine rings is 1. The minimum absolute atomic E-state index is 0.139. The molecule has 1 aromatic carbocycles. The van der Waals surface area contributed by atoms with Crippen LogP contribution in [0.25, 0.3) is 0 Å². The second-order valence-electron chi connectivity index (χ2n) is 7.86. The third kappa shape index (κ3) is 7.39. The van der Waals surface area contributed by atoms with E-state index < -0.39 is 30.1 Å². The number of nitrogens with one attached hydrogen (secondary N) is 3. The zero-order valence-electron chi connectivity index (χ0n) is 18.3. The van der Waals surface area contributed by atoms with Crippen molar-refractivity contribution in [3.05, 3.63) is 35.9 Å². The smallest absolute Gasteiger partial charge is 0.245 e. The van der Waals surface area contributed by atoms with Crippen LogP contribution in [0.2, 0.25) is 0 Å². The third-order valence-corrected chi connectivity index (χ3v) is 5.46. The summed E-state index contributed by atoms with van der Waals surface area (Å²) in [6.45, 7) is 5.88. The number of amides is 2. The number of benzene rings is 1. The van der Waals surface area contributed by atoms with Gasteiger partial charge in [-0.15, -0.1) is 0 Å². The van der Waals surface area contributed by atoms with Crippen molar-refractivity contribution in [2.75, 3.05) is 26.2 Å². The summed E-state index contributed by atoms with van der Waals surface area (Å²) >= 11 is 0. The molecule has 1 heterocycles. The van der Waals surface area contributed by atoms with Crippen molar-refractivity contribution in [3.8, 4) is 0 Å². The molecule has 1 aromatic rings. The number of aliphatic hydroxyl groups is 1. The average Bonchev–Trinajstić information content (AvgIpc) is 2.77. The fourth-order valence-electron chi connectivity index (χ4n) is 3.65. The third-order valence-electron chi connectivity index (χ3n) is 5.46. The number of rotatable bonds is 11. The van der Waals surface area contributed by atoms with Crippen molar-refractivity contribution >= 4 is 17.6 Å². The summed E-state index contributed by atoms with van der Waals surface area (Å²) in [6.07, 6.45) is -0.562. The molecule has 9 heteroatoms. The summed E-state index contributed by atoms with van der Waals surface area (Å²) in [5.74, 6) is -1.08. The van der Waals surface area contributed by atoms with Crippen LogP contribution in [0.4, 0.5) is 0 Å². The molecule has 1 aliphatic rings. The Bertz CT molecular complexity index is 728. The largest absolute Gasteiger partial charge is 0.391 e. The number of aliphatic hydroxyl groups excluding tert-OH is 1. The molecular weight excluding hydrogens is 398 g/mol. The lowest BCUT2D eigenvalue weighted by molar-refractivity contribution is -0.136. The van der Waals surface area contributed by atoms with E-state index >= 15 is 0 Å². The van der Waals surface area contributed by atoms with Gasteiger partial charge >= 0.3 is 0 Å². The highest BCUT2D eigenvalue weighted by Crippen LogP contribution is 2.11. The Labute approximate surface area is 183 Å². The summed E-state index contributed by atoms with van der Waals surface area (Å²) in [5.41, 5.74) is 6.65. The van der Waals surface area contributed by atoms with E-state index in [1.807, 2.05) is 30.3 Å². The van der Waals surface area contributed by atoms with Crippen LogP contribution in [0.5, 0.6) is 0 Å². The van der Waals surface area contributed by atoms with E-state index in [0.29, 0.717) is 26.1 Å². The van der Waals surface area contributed by atoms with Crippen LogP contribution >= 0.6 is 0 Å². The van der Waals surface area contributed by atoms with Crippen molar-refractivity contribution in [3.63, 3.8) is 0 Å². The summed E-state index contributed by atoms with van der Waals surface area (Å²) in [4.78, 5) is 40.0. The minimum atomic E-state index is -1.17. The Morgan fingerprint density at radius 2 is 1.97 bits per heavy atom. The van der Waals surface area contributed by atoms with E-state index in [-0.39, 0.29) is 24.7 Å². The van der Waals surface area contributed by atoms with Gasteiger partial charge in [0.15, 0.2) is 5.78 Å². The Morgan fingerprint density at radius 1 is 1.26 bits per heavy atom. The predicted octanol–water partition coefficient (Wildman–Crippen LogP) is -0.861. The molecule has 6 N–H and O–H groups in total. The average molecular weight is 434 g/mol. The Balaban J connectivity index is 2.07. The molecule has 0 unspecified atom stereocenters. The number of nitrogens with two attached hydrogens (primary N) is 1. The molecule has 1 fully saturated rings. The van der Waals surface area contributed by atoms with Gasteiger partial charge in [0.25, 0.3) is 0 Å². The zero-order valence-corrected chi connectivity index (χ0v) is 18.3. The molecule has 0 bridgehead atoms. The molecule has 4 atom stereocenters. The summed E-state index contributed by atoms with van der Waals surface area (Å²) < 4.78 is 0. The highest BCUT2D eigenvalue weighted by molar-refractivity contribution is 5.94. The number of carbonyl (C=O) groups excluding carboxylic acids is 3. The fourth-order valence-corrected chi connectivity index (χ4v) is 3.65. The lowest BCUT2D eigenvalue weighted by Crippen LogP contribution is -2.62. The van der Waals surface area contributed by atoms with Gasteiger partial charge in [0.1, 0.15) is 12.1 Å². The van der Waals surface area contributed by atoms with Crippen molar-refractivity contribution < 1.29 is 19.5 Å². The molecule has 1 saturated heterocycles. The van der Waals surface area contributed by atoms with Gasteiger partial charge in [0.2, 0.25) is 11.8 Å². The van der Waals surface area contributed by atoms with Gasteiger partial charge in [-0.3, -0.25) is 19.3 Å². The maximum atomic E-state index is 13.0. The maximum absolute atomic E-state index is 13.0. The second-order valence-corrected chi connectivity index (χ2v) is 7.86. The summed E-state index contributed by atoms with van der Waals surface area (Å²) in [7, 11) is 0. The van der Waals surface area contributed by atoms with Gasteiger partial charge in [-0.05, 0) is 25.5 Å². The highest BCUT2D eigenvalue weighted by atomic mass is 16.3. The van der Waals surface area contributed by atoms with Gasteiger partial charge < -0.3 is 26.8 Å². The second kappa shape index (κ2) is 12.5. The summed E-state index contributed by atoms with van der Waals surface area (Å²) in [6, 6.07) is 7.48. The molecule has 31 heavy (non-hydrogen) atoms. The van der Waals surface area contributed by atoms with E-state index in [1.54, 1.807) is 6.92 Å². The molecule has 1 aliphatic heterocycles. The van der Waals surface area contributed by atoms with E-state index in [0.717, 1.165) is 12.1 Å². The molecular formula is C22H35N5O4. The molecule has 0 spiro atoms. The van der Waals surface area contributed by atoms with Crippen LogP contribution in [0.15, 0.2) is 30.3 Å². The standard InChI is InChI=1S/C22H35N5O4/c1-3-19(29)17(9-10-23)25-22(31)20(15(2)28)26-21(30)18-13-24-11-12-27(18)14-16-7-5-4-6-8-16/h4-8,15,17-18,20,24,28H,3,9-14,23H2,1-2H3,(H,25,31)(H,26,30)/t15-,17-,18-,20-/m0/s1. The first-order valence-electron chi connectivity index (χ1n) is 10.9. The van der Waals surface area contributed by atoms with Crippen LogP contribution < -0.4 is 21.7 Å². The van der Waals surface area contributed by atoms with E-state index in [4.69, 9.17) is 5.73 Å². The monoisotopic (exact) mass is 433 g/mol. The van der Waals surface area contributed by atoms with Gasteiger partial charge in [-0.1, -0.05) is 37.3 Å². The molecule has 9 nitrogen and oxygen atoms in total. The van der Waals surface area contributed by atoms with Crippen molar-refractivity contribution in [2.24, 2.45) is 5.73 Å². The number of Topliss-reactive ketones (excluding diaryl/α,β-unsaturated/α-hetero) is 1. The van der Waals surface area contributed by atoms with E-state index in [2.05, 4.69) is 20.9 Å². The molecule has 0 aromatic heterocycles. The maximum Gasteiger partial charge on any atom is 0.245 e. The van der Waals surface area contributed by atoms with Crippen LogP contribution in [-0.2, 0) is 20.9 Å². The SMILES string of the molecule is CCC(=O)[C@H](CCN)NC(=O)[C@@H](NC(=O)[C@@H]1CNCCN1Cc1ccccc1)[C@H](C)O. The summed E-state index contributed by atoms with van der Waals surface area (Å²) in [5, 5.41) is 18.7. The van der Waals surface area contributed by atoms with E-state index in [9.17, 15) is 19.5 Å². The topological polar surface area (TPSA) is 137 Å². The minimum Gasteiger partial charge on any atom is -0.391 e. The molecule has 2 amide bonds. The first kappa shape index (κ1) is 24.9. The van der Waals surface area contributed by atoms with E-state index in [1.165, 1.54) is 6.92 Å². The van der Waals surface area contributed by atoms with Crippen molar-refractivity contribution in [2.45, 2.75) is 57.5 Å². The zero-order chi connectivity index (χ0) is 22.8. The Hall–Kier alpha value is -2.33. The van der Waals surface area contributed by atoms with Crippen molar-refractivity contribution in [1.82, 2.24) is 20.9 Å². The molecule has 0 aliphatic carbocycles. The number of hydrogen-bond acceptors (Lipinski definition) is 7. The number of nitrogens with zero attached hydrogens (tertiary/aromatic N) is 1. The van der Waals surface area contributed by atoms with Crippen LogP contribution in [-0.4, -0.2) is 78.0 Å². The van der Waals surface area contributed by atoms with Crippen LogP contribution in [0.1, 0.15) is 32.3 Å². The first-order chi connectivity index (χ1) is 14.9. The fraction of sp³-hybridized carbons (Fsp3) is 0.591. The Morgan fingerprint density at radius 3 is 2.58 bits per heavy atom. The molecule has 172 valence electrons. The molecule has 2 rings (SSSR count). The van der Waals surface area contributed by atoms with Gasteiger partial charge in [-0.25, -0.2) is 0 Å². The Kier molecular flexibility index (Phi) is 10.1. The van der Waals surface area contributed by atoms with Gasteiger partial charge in [-0.2, -0.15) is 0 Å². The molecule has 0 radical (unpaired) electrons. The first-order valence-corrected chi connectivity index (χ1v) is 10.9. The van der Waals surface area contributed by atoms with Gasteiger partial charge in [0.05, 0.1) is 12.1 Å². The number of ketones is 1. The normalized spacial score (nSPS) is 19.8.